The molecule has 0 saturated carbocycles. The minimum absolute atomic E-state index is 0.169. The quantitative estimate of drug-likeness (QED) is 0.469. The Hall–Kier alpha value is -1.15. The van der Waals surface area contributed by atoms with Gasteiger partial charge in [0.1, 0.15) is 0 Å². The second-order valence-electron chi connectivity index (χ2n) is 6.58. The van der Waals surface area contributed by atoms with E-state index >= 15 is 0 Å². The van der Waals surface area contributed by atoms with E-state index in [0.29, 0.717) is 0 Å². The molecule has 6 nitrogen and oxygen atoms in total. The SMILES string of the molecule is CC(c1ccccc1)C(OS(=O)(=O)CCCCl)C(C)(C)[C@@H](O)C(=O)O. The van der Waals surface area contributed by atoms with Crippen molar-refractivity contribution in [2.24, 2.45) is 5.41 Å². The van der Waals surface area contributed by atoms with Crippen molar-refractivity contribution in [2.45, 2.75) is 45.3 Å². The van der Waals surface area contributed by atoms with Crippen LogP contribution < -0.4 is 0 Å². The van der Waals surface area contributed by atoms with Crippen LogP contribution in [0.15, 0.2) is 30.3 Å². The van der Waals surface area contributed by atoms with E-state index in [4.69, 9.17) is 15.8 Å². The summed E-state index contributed by atoms with van der Waals surface area (Å²) in [5, 5.41) is 19.3. The number of aliphatic hydroxyl groups excluding tert-OH is 1. The lowest BCUT2D eigenvalue weighted by atomic mass is 9.74. The third-order valence-electron chi connectivity index (χ3n) is 4.23. The summed E-state index contributed by atoms with van der Waals surface area (Å²) in [5.41, 5.74) is -0.569. The molecule has 0 bridgehead atoms. The number of rotatable bonds is 10. The molecule has 3 atom stereocenters. The number of hydrogen-bond acceptors (Lipinski definition) is 5. The molecule has 2 unspecified atom stereocenters. The molecule has 0 radical (unpaired) electrons. The van der Waals surface area contributed by atoms with Crippen LogP contribution in [0.4, 0.5) is 0 Å². The molecule has 2 N–H and O–H groups in total. The molecule has 0 aliphatic heterocycles. The van der Waals surface area contributed by atoms with Gasteiger partial charge in [0.05, 0.1) is 11.9 Å². The van der Waals surface area contributed by atoms with Crippen molar-refractivity contribution in [3.05, 3.63) is 35.9 Å². The normalized spacial score (nSPS) is 16.2. The molecule has 0 amide bonds. The van der Waals surface area contributed by atoms with Gasteiger partial charge in [-0.05, 0) is 12.0 Å². The van der Waals surface area contributed by atoms with Crippen molar-refractivity contribution in [2.75, 3.05) is 11.6 Å². The highest BCUT2D eigenvalue weighted by Gasteiger charge is 2.46. The van der Waals surface area contributed by atoms with Gasteiger partial charge in [0.25, 0.3) is 10.1 Å². The summed E-state index contributed by atoms with van der Waals surface area (Å²) < 4.78 is 29.9. The summed E-state index contributed by atoms with van der Waals surface area (Å²) in [5.74, 6) is -2.00. The van der Waals surface area contributed by atoms with Crippen LogP contribution in [0.1, 0.15) is 38.7 Å². The first kappa shape index (κ1) is 21.9. The predicted molar refractivity (Wildman–Crippen MR) is 96.3 cm³/mol. The molecule has 1 rings (SSSR count). The highest BCUT2D eigenvalue weighted by Crippen LogP contribution is 2.38. The molecule has 1 aromatic rings. The standard InChI is InChI=1S/C17H25ClO6S/c1-12(13-8-5-4-6-9-13)15(17(2,3)14(19)16(20)21)24-25(22,23)11-7-10-18/h4-6,8-9,12,14-15,19H,7,10-11H2,1-3H3,(H,20,21)/t12?,14-,15?/m0/s1. The number of aliphatic hydroxyl groups is 1. The molecular weight excluding hydrogens is 368 g/mol. The molecule has 1 aromatic carbocycles. The van der Waals surface area contributed by atoms with E-state index in [1.54, 1.807) is 31.2 Å². The fraction of sp³-hybridized carbons (Fsp3) is 0.588. The maximum absolute atomic E-state index is 12.3. The van der Waals surface area contributed by atoms with Crippen LogP contribution >= 0.6 is 11.6 Å². The summed E-state index contributed by atoms with van der Waals surface area (Å²) in [6, 6.07) is 9.02. The van der Waals surface area contributed by atoms with Crippen molar-refractivity contribution < 1.29 is 27.6 Å². The zero-order chi connectivity index (χ0) is 19.3. The van der Waals surface area contributed by atoms with Crippen LogP contribution in [0.25, 0.3) is 0 Å². The first-order chi connectivity index (χ1) is 11.5. The second kappa shape index (κ2) is 8.98. The smallest absolute Gasteiger partial charge is 0.333 e. The van der Waals surface area contributed by atoms with Crippen molar-refractivity contribution in [1.29, 1.82) is 0 Å². The Kier molecular flexibility index (Phi) is 7.87. The maximum Gasteiger partial charge on any atom is 0.333 e. The Morgan fingerprint density at radius 2 is 1.84 bits per heavy atom. The van der Waals surface area contributed by atoms with Gasteiger partial charge in [-0.1, -0.05) is 51.1 Å². The van der Waals surface area contributed by atoms with Crippen LogP contribution in [0, 0.1) is 5.41 Å². The molecule has 8 heteroatoms. The van der Waals surface area contributed by atoms with E-state index in [1.807, 2.05) is 6.07 Å². The van der Waals surface area contributed by atoms with Crippen molar-refractivity contribution in [3.8, 4) is 0 Å². The van der Waals surface area contributed by atoms with E-state index < -0.39 is 39.6 Å². The Morgan fingerprint density at radius 3 is 2.32 bits per heavy atom. The zero-order valence-corrected chi connectivity index (χ0v) is 16.1. The molecule has 0 aromatic heterocycles. The Labute approximate surface area is 153 Å². The van der Waals surface area contributed by atoms with Crippen molar-refractivity contribution >= 4 is 27.7 Å². The Bertz CT molecular complexity index is 659. The molecular formula is C17H25ClO6S. The fourth-order valence-corrected chi connectivity index (χ4v) is 4.31. The Morgan fingerprint density at radius 1 is 1.28 bits per heavy atom. The average molecular weight is 393 g/mol. The molecule has 0 aliphatic carbocycles. The van der Waals surface area contributed by atoms with Gasteiger partial charge in [-0.3, -0.25) is 4.18 Å². The highest BCUT2D eigenvalue weighted by molar-refractivity contribution is 7.86. The summed E-state index contributed by atoms with van der Waals surface area (Å²) >= 11 is 5.55. The molecule has 0 saturated heterocycles. The lowest BCUT2D eigenvalue weighted by Crippen LogP contribution is -2.49. The topological polar surface area (TPSA) is 101 Å². The van der Waals surface area contributed by atoms with Crippen molar-refractivity contribution in [3.63, 3.8) is 0 Å². The zero-order valence-electron chi connectivity index (χ0n) is 14.6. The van der Waals surface area contributed by atoms with Gasteiger partial charge >= 0.3 is 5.97 Å². The number of halogens is 1. The van der Waals surface area contributed by atoms with Crippen LogP contribution in [0.3, 0.4) is 0 Å². The number of carbonyl (C=O) groups is 1. The van der Waals surface area contributed by atoms with Gasteiger partial charge in [-0.15, -0.1) is 11.6 Å². The predicted octanol–water partition coefficient (Wildman–Crippen LogP) is 2.61. The Balaban J connectivity index is 3.24. The largest absolute Gasteiger partial charge is 0.479 e. The number of alkyl halides is 1. The maximum atomic E-state index is 12.3. The summed E-state index contributed by atoms with van der Waals surface area (Å²) in [6.45, 7) is 4.70. The lowest BCUT2D eigenvalue weighted by Gasteiger charge is -2.39. The van der Waals surface area contributed by atoms with Gasteiger partial charge in [0.2, 0.25) is 0 Å². The number of hydrogen-bond donors (Lipinski definition) is 2. The van der Waals surface area contributed by atoms with Crippen LogP contribution in [-0.2, 0) is 19.1 Å². The van der Waals surface area contributed by atoms with E-state index in [2.05, 4.69) is 0 Å². The van der Waals surface area contributed by atoms with Crippen LogP contribution in [0.5, 0.6) is 0 Å². The number of carboxylic acid groups (broad SMARTS) is 1. The minimum Gasteiger partial charge on any atom is -0.479 e. The van der Waals surface area contributed by atoms with Crippen LogP contribution in [0.2, 0.25) is 0 Å². The van der Waals surface area contributed by atoms with Gasteiger partial charge in [0.15, 0.2) is 6.10 Å². The van der Waals surface area contributed by atoms with E-state index in [9.17, 15) is 23.4 Å². The second-order valence-corrected chi connectivity index (χ2v) is 8.68. The molecule has 142 valence electrons. The average Bonchev–Trinajstić information content (AvgIpc) is 2.57. The van der Waals surface area contributed by atoms with Crippen molar-refractivity contribution in [1.82, 2.24) is 0 Å². The summed E-state index contributed by atoms with van der Waals surface area (Å²) in [7, 11) is -3.93. The fourth-order valence-electron chi connectivity index (χ4n) is 2.69. The van der Waals surface area contributed by atoms with E-state index in [1.165, 1.54) is 13.8 Å². The van der Waals surface area contributed by atoms with Gasteiger partial charge in [0, 0.05) is 17.2 Å². The molecule has 25 heavy (non-hydrogen) atoms. The number of benzene rings is 1. The van der Waals surface area contributed by atoms with Gasteiger partial charge < -0.3 is 10.2 Å². The third-order valence-corrected chi connectivity index (χ3v) is 5.79. The molecule has 0 fully saturated rings. The van der Waals surface area contributed by atoms with Gasteiger partial charge in [-0.2, -0.15) is 8.42 Å². The van der Waals surface area contributed by atoms with E-state index in [-0.39, 0.29) is 18.1 Å². The summed E-state index contributed by atoms with van der Waals surface area (Å²) in [6.07, 6.45) is -2.63. The van der Waals surface area contributed by atoms with E-state index in [0.717, 1.165) is 5.56 Å². The number of carboxylic acids is 1. The summed E-state index contributed by atoms with van der Waals surface area (Å²) in [4.78, 5) is 11.3. The minimum atomic E-state index is -3.93. The molecule has 0 spiro atoms. The lowest BCUT2D eigenvalue weighted by molar-refractivity contribution is -0.158. The highest BCUT2D eigenvalue weighted by atomic mass is 35.5. The van der Waals surface area contributed by atoms with Gasteiger partial charge in [-0.25, -0.2) is 4.79 Å². The monoisotopic (exact) mass is 392 g/mol. The first-order valence-electron chi connectivity index (χ1n) is 7.95. The number of aliphatic carboxylic acids is 1. The van der Waals surface area contributed by atoms with Crippen LogP contribution in [-0.4, -0.2) is 48.4 Å². The first-order valence-corrected chi connectivity index (χ1v) is 10.1. The molecule has 0 aliphatic rings. The molecule has 0 heterocycles. The third kappa shape index (κ3) is 5.95.